The van der Waals surface area contributed by atoms with Gasteiger partial charge in [0.25, 0.3) is 0 Å². The zero-order valence-corrected chi connectivity index (χ0v) is 10.8. The van der Waals surface area contributed by atoms with Gasteiger partial charge < -0.3 is 10.1 Å². The Kier molecular flexibility index (Phi) is 4.44. The third-order valence-corrected chi connectivity index (χ3v) is 2.61. The molecular weight excluding hydrogens is 228 g/mol. The normalized spacial score (nSPS) is 10.8. The number of pyridine rings is 1. The van der Waals surface area contributed by atoms with Crippen molar-refractivity contribution in [2.45, 2.75) is 6.54 Å². The first-order chi connectivity index (χ1) is 8.81. The van der Waals surface area contributed by atoms with E-state index in [-0.39, 0.29) is 0 Å². The summed E-state index contributed by atoms with van der Waals surface area (Å²) in [5, 5.41) is 7.78. The molecule has 0 spiro atoms. The fourth-order valence-corrected chi connectivity index (χ4v) is 1.78. The molecule has 0 aliphatic rings. The molecule has 0 aliphatic carbocycles. The van der Waals surface area contributed by atoms with Gasteiger partial charge in [-0.3, -0.25) is 9.67 Å². The van der Waals surface area contributed by atoms with E-state index >= 15 is 0 Å². The van der Waals surface area contributed by atoms with Crippen molar-refractivity contribution < 1.29 is 4.74 Å². The largest absolute Gasteiger partial charge is 0.383 e. The molecule has 0 unspecified atom stereocenters. The number of methoxy groups -OCH3 is 1. The predicted molar refractivity (Wildman–Crippen MR) is 70.0 cm³/mol. The SMILES string of the molecule is COCCNCc1cn(C)nc1-c1ccccn1. The second-order valence-electron chi connectivity index (χ2n) is 4.06. The van der Waals surface area contributed by atoms with E-state index in [2.05, 4.69) is 15.4 Å². The minimum atomic E-state index is 0.708. The molecule has 0 amide bonds. The number of aryl methyl sites for hydroxylation is 1. The highest BCUT2D eigenvalue weighted by Gasteiger charge is 2.10. The third-order valence-electron chi connectivity index (χ3n) is 2.61. The first-order valence-corrected chi connectivity index (χ1v) is 5.95. The number of rotatable bonds is 6. The Hall–Kier alpha value is -1.72. The summed E-state index contributed by atoms with van der Waals surface area (Å²) in [5.74, 6) is 0. The molecule has 96 valence electrons. The molecule has 0 fully saturated rings. The number of hydrogen-bond donors (Lipinski definition) is 1. The van der Waals surface area contributed by atoms with Crippen molar-refractivity contribution in [3.63, 3.8) is 0 Å². The summed E-state index contributed by atoms with van der Waals surface area (Å²) >= 11 is 0. The van der Waals surface area contributed by atoms with E-state index in [1.807, 2.05) is 36.1 Å². The number of hydrogen-bond acceptors (Lipinski definition) is 4. The van der Waals surface area contributed by atoms with Crippen LogP contribution in [0.5, 0.6) is 0 Å². The van der Waals surface area contributed by atoms with Crippen LogP contribution >= 0.6 is 0 Å². The van der Waals surface area contributed by atoms with Crippen LogP contribution in [0.2, 0.25) is 0 Å². The standard InChI is InChI=1S/C13H18N4O/c1-17-10-11(9-14-7-8-18-2)13(16-17)12-5-3-4-6-15-12/h3-6,10,14H,7-9H2,1-2H3. The first kappa shape index (κ1) is 12.7. The first-order valence-electron chi connectivity index (χ1n) is 5.95. The minimum Gasteiger partial charge on any atom is -0.383 e. The Bertz CT molecular complexity index is 481. The van der Waals surface area contributed by atoms with Crippen LogP contribution < -0.4 is 5.32 Å². The Labute approximate surface area is 107 Å². The molecule has 2 heterocycles. The maximum absolute atomic E-state index is 5.00. The smallest absolute Gasteiger partial charge is 0.115 e. The fraction of sp³-hybridized carbons (Fsp3) is 0.385. The molecule has 2 rings (SSSR count). The average molecular weight is 246 g/mol. The van der Waals surface area contributed by atoms with E-state index < -0.39 is 0 Å². The second kappa shape index (κ2) is 6.28. The van der Waals surface area contributed by atoms with E-state index in [0.717, 1.165) is 30.0 Å². The average Bonchev–Trinajstić information content (AvgIpc) is 2.77. The number of aromatic nitrogens is 3. The van der Waals surface area contributed by atoms with Crippen molar-refractivity contribution >= 4 is 0 Å². The van der Waals surface area contributed by atoms with Gasteiger partial charge in [0.1, 0.15) is 5.69 Å². The lowest BCUT2D eigenvalue weighted by Crippen LogP contribution is -2.18. The highest BCUT2D eigenvalue weighted by molar-refractivity contribution is 5.57. The van der Waals surface area contributed by atoms with E-state index in [1.54, 1.807) is 13.3 Å². The van der Waals surface area contributed by atoms with Gasteiger partial charge >= 0.3 is 0 Å². The topological polar surface area (TPSA) is 52.0 Å². The molecule has 0 saturated heterocycles. The summed E-state index contributed by atoms with van der Waals surface area (Å²) < 4.78 is 6.82. The summed E-state index contributed by atoms with van der Waals surface area (Å²) in [6.07, 6.45) is 3.80. The lowest BCUT2D eigenvalue weighted by molar-refractivity contribution is 0.199. The van der Waals surface area contributed by atoms with Crippen LogP contribution in [0.4, 0.5) is 0 Å². The molecular formula is C13H18N4O. The van der Waals surface area contributed by atoms with Gasteiger partial charge in [-0.05, 0) is 12.1 Å². The zero-order chi connectivity index (χ0) is 12.8. The van der Waals surface area contributed by atoms with Crippen molar-refractivity contribution in [2.75, 3.05) is 20.3 Å². The quantitative estimate of drug-likeness (QED) is 0.779. The van der Waals surface area contributed by atoms with Crippen LogP contribution in [0.1, 0.15) is 5.56 Å². The van der Waals surface area contributed by atoms with Crippen molar-refractivity contribution in [1.82, 2.24) is 20.1 Å². The zero-order valence-electron chi connectivity index (χ0n) is 10.8. The van der Waals surface area contributed by atoms with Crippen molar-refractivity contribution in [3.05, 3.63) is 36.2 Å². The predicted octanol–water partition coefficient (Wildman–Crippen LogP) is 1.22. The molecule has 5 nitrogen and oxygen atoms in total. The van der Waals surface area contributed by atoms with Gasteiger partial charge in [-0.1, -0.05) is 6.07 Å². The van der Waals surface area contributed by atoms with Gasteiger partial charge in [-0.2, -0.15) is 5.10 Å². The van der Waals surface area contributed by atoms with Gasteiger partial charge in [0.05, 0.1) is 12.3 Å². The Balaban J connectivity index is 2.11. The van der Waals surface area contributed by atoms with Crippen LogP contribution in [0.25, 0.3) is 11.4 Å². The van der Waals surface area contributed by atoms with Crippen molar-refractivity contribution in [3.8, 4) is 11.4 Å². The molecule has 0 aliphatic heterocycles. The molecule has 1 N–H and O–H groups in total. The Morgan fingerprint density at radius 1 is 1.39 bits per heavy atom. The van der Waals surface area contributed by atoms with Gasteiger partial charge in [-0.25, -0.2) is 0 Å². The molecule has 2 aromatic heterocycles. The van der Waals surface area contributed by atoms with Crippen LogP contribution in [-0.2, 0) is 18.3 Å². The maximum atomic E-state index is 5.00. The maximum Gasteiger partial charge on any atom is 0.115 e. The molecule has 0 bridgehead atoms. The number of nitrogens with one attached hydrogen (secondary N) is 1. The summed E-state index contributed by atoms with van der Waals surface area (Å²) in [5.41, 5.74) is 2.98. The minimum absolute atomic E-state index is 0.708. The van der Waals surface area contributed by atoms with Crippen LogP contribution in [-0.4, -0.2) is 35.0 Å². The van der Waals surface area contributed by atoms with E-state index in [1.165, 1.54) is 0 Å². The summed E-state index contributed by atoms with van der Waals surface area (Å²) in [4.78, 5) is 4.34. The summed E-state index contributed by atoms with van der Waals surface area (Å²) in [6.45, 7) is 2.30. The fourth-order valence-electron chi connectivity index (χ4n) is 1.78. The molecule has 5 heteroatoms. The Morgan fingerprint density at radius 3 is 3.00 bits per heavy atom. The lowest BCUT2D eigenvalue weighted by Gasteiger charge is -2.04. The number of nitrogens with zero attached hydrogens (tertiary/aromatic N) is 3. The molecule has 2 aromatic rings. The van der Waals surface area contributed by atoms with E-state index in [0.29, 0.717) is 6.61 Å². The molecule has 0 aromatic carbocycles. The summed E-state index contributed by atoms with van der Waals surface area (Å²) in [7, 11) is 3.62. The Morgan fingerprint density at radius 2 is 2.28 bits per heavy atom. The highest BCUT2D eigenvalue weighted by atomic mass is 16.5. The van der Waals surface area contributed by atoms with Crippen molar-refractivity contribution in [1.29, 1.82) is 0 Å². The second-order valence-corrected chi connectivity index (χ2v) is 4.06. The van der Waals surface area contributed by atoms with Gasteiger partial charge in [-0.15, -0.1) is 0 Å². The van der Waals surface area contributed by atoms with Crippen molar-refractivity contribution in [2.24, 2.45) is 7.05 Å². The summed E-state index contributed by atoms with van der Waals surface area (Å²) in [6, 6.07) is 5.85. The molecule has 0 atom stereocenters. The van der Waals surface area contributed by atoms with Crippen LogP contribution in [0.3, 0.4) is 0 Å². The van der Waals surface area contributed by atoms with Crippen LogP contribution in [0.15, 0.2) is 30.6 Å². The highest BCUT2D eigenvalue weighted by Crippen LogP contribution is 2.18. The van der Waals surface area contributed by atoms with Crippen LogP contribution in [0, 0.1) is 0 Å². The molecule has 0 saturated carbocycles. The monoisotopic (exact) mass is 246 g/mol. The molecule has 0 radical (unpaired) electrons. The number of ether oxygens (including phenoxy) is 1. The van der Waals surface area contributed by atoms with Gasteiger partial charge in [0, 0.05) is 45.2 Å². The van der Waals surface area contributed by atoms with Gasteiger partial charge in [0.2, 0.25) is 0 Å². The molecule has 18 heavy (non-hydrogen) atoms. The van der Waals surface area contributed by atoms with E-state index in [9.17, 15) is 0 Å². The lowest BCUT2D eigenvalue weighted by atomic mass is 10.2. The third kappa shape index (κ3) is 3.15. The van der Waals surface area contributed by atoms with Gasteiger partial charge in [0.15, 0.2) is 0 Å². The van der Waals surface area contributed by atoms with E-state index in [4.69, 9.17) is 4.74 Å².